The first kappa shape index (κ1) is 23.3. The van der Waals surface area contributed by atoms with Crippen molar-refractivity contribution in [3.8, 4) is 5.75 Å². The summed E-state index contributed by atoms with van der Waals surface area (Å²) in [6.45, 7) is 1.69. The third-order valence-electron chi connectivity index (χ3n) is 6.53. The van der Waals surface area contributed by atoms with E-state index < -0.39 is 0 Å². The Balaban J connectivity index is 1.18. The van der Waals surface area contributed by atoms with Crippen LogP contribution in [0, 0.1) is 5.92 Å². The molecular formula is C25H26ClN5O4. The fraction of sp³-hybridized carbons (Fsp3) is 0.360. The van der Waals surface area contributed by atoms with Gasteiger partial charge in [-0.05, 0) is 48.7 Å². The van der Waals surface area contributed by atoms with Gasteiger partial charge in [-0.1, -0.05) is 35.0 Å². The van der Waals surface area contributed by atoms with E-state index in [1.165, 1.54) is 0 Å². The molecule has 0 aliphatic carbocycles. The molecule has 2 amide bonds. The van der Waals surface area contributed by atoms with E-state index in [-0.39, 0.29) is 30.4 Å². The van der Waals surface area contributed by atoms with Crippen molar-refractivity contribution in [1.82, 2.24) is 19.9 Å². The Morgan fingerprint density at radius 1 is 1.14 bits per heavy atom. The van der Waals surface area contributed by atoms with Crippen molar-refractivity contribution in [3.05, 3.63) is 70.5 Å². The van der Waals surface area contributed by atoms with Crippen molar-refractivity contribution in [2.24, 2.45) is 5.92 Å². The molecule has 0 unspecified atom stereocenters. The quantitative estimate of drug-likeness (QED) is 0.579. The lowest BCUT2D eigenvalue weighted by atomic mass is 9.95. The molecule has 1 aromatic heterocycles. The second-order valence-electron chi connectivity index (χ2n) is 8.71. The zero-order valence-electron chi connectivity index (χ0n) is 19.3. The number of nitrogens with zero attached hydrogens (tertiary/aromatic N) is 4. The molecule has 1 fully saturated rings. The molecule has 1 saturated heterocycles. The number of ether oxygens (including phenoxy) is 2. The molecule has 0 spiro atoms. The minimum atomic E-state index is -0.175. The van der Waals surface area contributed by atoms with Crippen molar-refractivity contribution < 1.29 is 19.1 Å². The monoisotopic (exact) mass is 495 g/mol. The van der Waals surface area contributed by atoms with Gasteiger partial charge in [0.25, 0.3) is 5.91 Å². The number of benzene rings is 2. The Hall–Kier alpha value is -3.43. The Morgan fingerprint density at radius 2 is 1.91 bits per heavy atom. The van der Waals surface area contributed by atoms with Gasteiger partial charge < -0.3 is 19.7 Å². The topological polar surface area (TPSA) is 98.6 Å². The van der Waals surface area contributed by atoms with Gasteiger partial charge in [-0.3, -0.25) is 9.59 Å². The number of rotatable bonds is 5. The summed E-state index contributed by atoms with van der Waals surface area (Å²) in [5.41, 5.74) is 2.68. The van der Waals surface area contributed by atoms with Crippen LogP contribution in [0.15, 0.2) is 48.5 Å². The van der Waals surface area contributed by atoms with E-state index in [1.807, 2.05) is 24.3 Å². The highest BCUT2D eigenvalue weighted by atomic mass is 35.5. The minimum absolute atomic E-state index is 0.0571. The summed E-state index contributed by atoms with van der Waals surface area (Å²) in [4.78, 5) is 27.6. The summed E-state index contributed by atoms with van der Waals surface area (Å²) in [5, 5.41) is 11.9. The summed E-state index contributed by atoms with van der Waals surface area (Å²) >= 11 is 6.00. The summed E-state index contributed by atoms with van der Waals surface area (Å²) in [6, 6.07) is 14.8. The van der Waals surface area contributed by atoms with Crippen LogP contribution in [0.2, 0.25) is 5.02 Å². The van der Waals surface area contributed by atoms with Gasteiger partial charge in [-0.15, -0.1) is 5.10 Å². The molecule has 10 heteroatoms. The molecule has 2 aromatic carbocycles. The third kappa shape index (κ3) is 5.01. The lowest BCUT2D eigenvalue weighted by Gasteiger charge is -2.31. The summed E-state index contributed by atoms with van der Waals surface area (Å²) < 4.78 is 13.0. The van der Waals surface area contributed by atoms with Gasteiger partial charge in [0.15, 0.2) is 5.69 Å². The predicted octanol–water partition coefficient (Wildman–Crippen LogP) is 3.70. The first-order valence-corrected chi connectivity index (χ1v) is 11.9. The van der Waals surface area contributed by atoms with Crippen LogP contribution in [0.1, 0.15) is 40.7 Å². The number of methoxy groups -OCH3 is 1. The van der Waals surface area contributed by atoms with Crippen molar-refractivity contribution in [3.63, 3.8) is 0 Å². The van der Waals surface area contributed by atoms with Gasteiger partial charge in [0.05, 0.1) is 26.0 Å². The fourth-order valence-corrected chi connectivity index (χ4v) is 4.69. The summed E-state index contributed by atoms with van der Waals surface area (Å²) in [6.07, 6.45) is 0.988. The molecule has 1 N–H and O–H groups in total. The molecule has 182 valence electrons. The van der Waals surface area contributed by atoms with E-state index in [4.69, 9.17) is 21.1 Å². The number of piperidine rings is 1. The number of fused-ring (bicyclic) bond motifs is 1. The first-order chi connectivity index (χ1) is 17.0. The van der Waals surface area contributed by atoms with Crippen LogP contribution in [-0.2, 0) is 22.7 Å². The number of likely N-dealkylation sites (tertiary alicyclic amines) is 1. The molecule has 3 heterocycles. The number of aromatic nitrogens is 3. The zero-order valence-corrected chi connectivity index (χ0v) is 20.1. The van der Waals surface area contributed by atoms with Crippen LogP contribution in [0.5, 0.6) is 5.75 Å². The average molecular weight is 496 g/mol. The fourth-order valence-electron chi connectivity index (χ4n) is 4.50. The van der Waals surface area contributed by atoms with Crippen LogP contribution in [0.25, 0.3) is 0 Å². The van der Waals surface area contributed by atoms with Crippen LogP contribution >= 0.6 is 11.6 Å². The molecule has 2 aliphatic rings. The number of carbonyl (C=O) groups excluding carboxylic acids is 2. The maximum Gasteiger partial charge on any atom is 0.276 e. The summed E-state index contributed by atoms with van der Waals surface area (Å²) in [7, 11) is 1.63. The highest BCUT2D eigenvalue weighted by Gasteiger charge is 2.33. The number of halogens is 1. The first-order valence-electron chi connectivity index (χ1n) is 11.6. The number of carbonyl (C=O) groups is 2. The average Bonchev–Trinajstić information content (AvgIpc) is 3.32. The Labute approximate surface area is 208 Å². The van der Waals surface area contributed by atoms with Crippen molar-refractivity contribution in [2.75, 3.05) is 25.5 Å². The van der Waals surface area contributed by atoms with Crippen molar-refractivity contribution in [1.29, 1.82) is 0 Å². The van der Waals surface area contributed by atoms with Crippen molar-refractivity contribution >= 4 is 29.1 Å². The highest BCUT2D eigenvalue weighted by Crippen LogP contribution is 2.29. The largest absolute Gasteiger partial charge is 0.497 e. The Morgan fingerprint density at radius 3 is 2.63 bits per heavy atom. The van der Waals surface area contributed by atoms with E-state index in [9.17, 15) is 9.59 Å². The standard InChI is InChI=1S/C25H26ClN5O4/c1-34-20-7-5-16(6-8-20)22-14-31-21(15-35-22)23(28-29-31)25(33)30-11-9-17(10-12-30)24(32)27-19-4-2-3-18(26)13-19/h2-8,13,17,22H,9-12,14-15H2,1H3,(H,27,32)/t22-/m1/s1. The van der Waals surface area contributed by atoms with Gasteiger partial charge in [0, 0.05) is 29.7 Å². The van der Waals surface area contributed by atoms with Gasteiger partial charge in [-0.25, -0.2) is 4.68 Å². The van der Waals surface area contributed by atoms with Gasteiger partial charge in [0.1, 0.15) is 11.9 Å². The maximum atomic E-state index is 13.2. The molecule has 3 aromatic rings. The number of anilines is 1. The third-order valence-corrected chi connectivity index (χ3v) is 6.77. The second-order valence-corrected chi connectivity index (χ2v) is 9.14. The van der Waals surface area contributed by atoms with Gasteiger partial charge >= 0.3 is 0 Å². The van der Waals surface area contributed by atoms with Crippen LogP contribution in [-0.4, -0.2) is 51.9 Å². The minimum Gasteiger partial charge on any atom is -0.497 e. The SMILES string of the molecule is COc1ccc([C@H]2Cn3nnc(C(=O)N4CCC(C(=O)Nc5cccc(Cl)c5)CC4)c3CO2)cc1. The smallest absolute Gasteiger partial charge is 0.276 e. The van der Waals surface area contributed by atoms with E-state index >= 15 is 0 Å². The van der Waals surface area contributed by atoms with E-state index in [0.717, 1.165) is 11.3 Å². The Bertz CT molecular complexity index is 1220. The number of hydrogen-bond donors (Lipinski definition) is 1. The maximum absolute atomic E-state index is 13.2. The molecule has 9 nitrogen and oxygen atoms in total. The normalized spacial score (nSPS) is 18.1. The van der Waals surface area contributed by atoms with E-state index in [1.54, 1.807) is 41.0 Å². The molecule has 5 rings (SSSR count). The highest BCUT2D eigenvalue weighted by molar-refractivity contribution is 6.30. The molecule has 1 atom stereocenters. The Kier molecular flexibility index (Phi) is 6.70. The number of nitrogens with one attached hydrogen (secondary N) is 1. The van der Waals surface area contributed by atoms with E-state index in [0.29, 0.717) is 54.6 Å². The van der Waals surface area contributed by atoms with Crippen LogP contribution in [0.4, 0.5) is 5.69 Å². The lowest BCUT2D eigenvalue weighted by Crippen LogP contribution is -2.42. The van der Waals surface area contributed by atoms with E-state index in [2.05, 4.69) is 15.6 Å². The summed E-state index contributed by atoms with van der Waals surface area (Å²) in [5.74, 6) is 0.384. The van der Waals surface area contributed by atoms with Crippen LogP contribution in [0.3, 0.4) is 0 Å². The zero-order chi connectivity index (χ0) is 24.4. The lowest BCUT2D eigenvalue weighted by molar-refractivity contribution is -0.121. The molecule has 2 aliphatic heterocycles. The molecule has 35 heavy (non-hydrogen) atoms. The van der Waals surface area contributed by atoms with Gasteiger partial charge in [0.2, 0.25) is 5.91 Å². The molecule has 0 radical (unpaired) electrons. The van der Waals surface area contributed by atoms with Gasteiger partial charge in [-0.2, -0.15) is 0 Å². The number of hydrogen-bond acceptors (Lipinski definition) is 6. The van der Waals surface area contributed by atoms with Crippen molar-refractivity contribution in [2.45, 2.75) is 32.1 Å². The molecular weight excluding hydrogens is 470 g/mol. The molecule has 0 bridgehead atoms. The number of amides is 2. The van der Waals surface area contributed by atoms with Crippen LogP contribution < -0.4 is 10.1 Å². The second kappa shape index (κ2) is 10.1. The molecule has 0 saturated carbocycles. The predicted molar refractivity (Wildman–Crippen MR) is 129 cm³/mol.